The van der Waals surface area contributed by atoms with Crippen molar-refractivity contribution < 1.29 is 19.0 Å². The van der Waals surface area contributed by atoms with Crippen molar-refractivity contribution in [3.8, 4) is 11.5 Å². The second-order valence-electron chi connectivity index (χ2n) is 8.73. The van der Waals surface area contributed by atoms with E-state index in [4.69, 9.17) is 19.9 Å². The Morgan fingerprint density at radius 3 is 2.81 bits per heavy atom. The van der Waals surface area contributed by atoms with Gasteiger partial charge in [0.25, 0.3) is 0 Å². The Bertz CT molecular complexity index is 960. The van der Waals surface area contributed by atoms with Gasteiger partial charge in [-0.15, -0.1) is 0 Å². The molecule has 0 atom stereocenters. The van der Waals surface area contributed by atoms with Gasteiger partial charge in [-0.05, 0) is 68.0 Å². The lowest BCUT2D eigenvalue weighted by atomic mass is 9.67. The molecule has 0 saturated heterocycles. The van der Waals surface area contributed by atoms with Gasteiger partial charge in [0.2, 0.25) is 0 Å². The first-order chi connectivity index (χ1) is 15.6. The molecule has 1 spiro atoms. The fourth-order valence-corrected chi connectivity index (χ4v) is 4.79. The number of hydrogen-bond acceptors (Lipinski definition) is 5. The van der Waals surface area contributed by atoms with E-state index in [0.29, 0.717) is 33.0 Å². The molecule has 1 aliphatic heterocycles. The average Bonchev–Trinajstić information content (AvgIpc) is 3.18. The van der Waals surface area contributed by atoms with Gasteiger partial charge in [0, 0.05) is 30.0 Å². The zero-order valence-electron chi connectivity index (χ0n) is 18.8. The molecule has 5 nitrogen and oxygen atoms in total. The highest BCUT2D eigenvalue weighted by molar-refractivity contribution is 5.95. The molecule has 5 heteroatoms. The van der Waals surface area contributed by atoms with Crippen LogP contribution in [0, 0.1) is 5.92 Å². The van der Waals surface area contributed by atoms with Crippen molar-refractivity contribution in [3.05, 3.63) is 65.2 Å². The zero-order valence-corrected chi connectivity index (χ0v) is 18.8. The van der Waals surface area contributed by atoms with Crippen molar-refractivity contribution in [3.63, 3.8) is 0 Å². The number of nitrogens with two attached hydrogens (primary N) is 1. The Morgan fingerprint density at radius 1 is 1.19 bits per heavy atom. The van der Waals surface area contributed by atoms with Crippen molar-refractivity contribution in [2.75, 3.05) is 26.4 Å². The molecule has 0 aromatic heterocycles. The predicted molar refractivity (Wildman–Crippen MR) is 126 cm³/mol. The summed E-state index contributed by atoms with van der Waals surface area (Å²) in [6.45, 7) is 4.99. The van der Waals surface area contributed by atoms with Gasteiger partial charge in [-0.3, -0.25) is 4.79 Å². The first kappa shape index (κ1) is 22.6. The van der Waals surface area contributed by atoms with Crippen LogP contribution in [0.25, 0.3) is 6.08 Å². The molecule has 1 fully saturated rings. The maximum absolute atomic E-state index is 12.9. The molecule has 170 valence electrons. The van der Waals surface area contributed by atoms with Crippen LogP contribution < -0.4 is 15.2 Å². The summed E-state index contributed by atoms with van der Waals surface area (Å²) >= 11 is 0. The number of rotatable bonds is 9. The molecule has 0 bridgehead atoms. The topological polar surface area (TPSA) is 70.8 Å². The quantitative estimate of drug-likeness (QED) is 0.458. The summed E-state index contributed by atoms with van der Waals surface area (Å²) in [7, 11) is 0. The summed E-state index contributed by atoms with van der Waals surface area (Å²) < 4.78 is 17.0. The van der Waals surface area contributed by atoms with Crippen LogP contribution in [0.1, 0.15) is 49.3 Å². The van der Waals surface area contributed by atoms with Gasteiger partial charge in [-0.25, -0.2) is 0 Å². The fourth-order valence-electron chi connectivity index (χ4n) is 4.79. The Hall–Kier alpha value is -2.63. The maximum atomic E-state index is 12.9. The highest BCUT2D eigenvalue weighted by Crippen LogP contribution is 2.49. The number of hydrogen-bond donors (Lipinski definition) is 1. The second-order valence-corrected chi connectivity index (χ2v) is 8.73. The molecule has 2 aromatic rings. The van der Waals surface area contributed by atoms with Crippen molar-refractivity contribution in [2.24, 2.45) is 11.7 Å². The number of carbonyl (C=O) groups excluding carboxylic acids is 1. The first-order valence-corrected chi connectivity index (χ1v) is 11.6. The Balaban J connectivity index is 1.34. The van der Waals surface area contributed by atoms with E-state index < -0.39 is 0 Å². The molecule has 0 unspecified atom stereocenters. The predicted octanol–water partition coefficient (Wildman–Crippen LogP) is 4.66. The average molecular weight is 436 g/mol. The number of allylic oxidation sites excluding steroid dienone is 1. The van der Waals surface area contributed by atoms with Crippen molar-refractivity contribution in [2.45, 2.75) is 44.6 Å². The summed E-state index contributed by atoms with van der Waals surface area (Å²) in [5.74, 6) is 2.05. The minimum Gasteiger partial charge on any atom is -0.492 e. The Labute approximate surface area is 190 Å². The molecular weight excluding hydrogens is 402 g/mol. The summed E-state index contributed by atoms with van der Waals surface area (Å²) in [5, 5.41) is 0. The van der Waals surface area contributed by atoms with E-state index in [0.717, 1.165) is 48.3 Å². The largest absolute Gasteiger partial charge is 0.492 e. The van der Waals surface area contributed by atoms with Crippen molar-refractivity contribution in [1.29, 1.82) is 0 Å². The standard InChI is InChI=1S/C27H33NO4/c1-2-30-14-15-31-23-5-3-4-20(16-23)6-8-25(29)22-10-12-27(13-11-22)19-32-26-9-7-21(18-28)17-24(26)27/h3-9,16-17,22H,2,10-15,18-19,28H2,1H3/b8-6+. The monoisotopic (exact) mass is 435 g/mol. The molecule has 32 heavy (non-hydrogen) atoms. The second kappa shape index (κ2) is 10.3. The number of carbonyl (C=O) groups is 1. The van der Waals surface area contributed by atoms with Gasteiger partial charge in [0.05, 0.1) is 13.2 Å². The lowest BCUT2D eigenvalue weighted by molar-refractivity contribution is -0.119. The molecule has 0 amide bonds. The van der Waals surface area contributed by atoms with Gasteiger partial charge >= 0.3 is 0 Å². The van der Waals surface area contributed by atoms with Crippen molar-refractivity contribution >= 4 is 11.9 Å². The van der Waals surface area contributed by atoms with E-state index >= 15 is 0 Å². The van der Waals surface area contributed by atoms with Crippen LogP contribution in [-0.2, 0) is 21.5 Å². The number of benzene rings is 2. The fraction of sp³-hybridized carbons (Fsp3) is 0.444. The molecule has 1 heterocycles. The van der Waals surface area contributed by atoms with Crippen LogP contribution in [0.5, 0.6) is 11.5 Å². The minimum atomic E-state index is 0.0359. The smallest absolute Gasteiger partial charge is 0.158 e. The number of fused-ring (bicyclic) bond motifs is 2. The third kappa shape index (κ3) is 5.05. The lowest BCUT2D eigenvalue weighted by Crippen LogP contribution is -2.35. The minimum absolute atomic E-state index is 0.0359. The first-order valence-electron chi connectivity index (χ1n) is 11.6. The van der Waals surface area contributed by atoms with E-state index in [2.05, 4.69) is 6.07 Å². The van der Waals surface area contributed by atoms with Crippen LogP contribution in [0.15, 0.2) is 48.5 Å². The summed E-state index contributed by atoms with van der Waals surface area (Å²) in [5.41, 5.74) is 9.26. The van der Waals surface area contributed by atoms with Crippen LogP contribution in [0.4, 0.5) is 0 Å². The molecule has 2 N–H and O–H groups in total. The SMILES string of the molecule is CCOCCOc1cccc(/C=C/C(=O)C2CCC3(CC2)COc2ccc(CN)cc23)c1. The number of ketones is 1. The summed E-state index contributed by atoms with van der Waals surface area (Å²) in [6, 6.07) is 14.1. The van der Waals surface area contributed by atoms with Crippen LogP contribution in [0.3, 0.4) is 0 Å². The Kier molecular flexibility index (Phi) is 7.28. The van der Waals surface area contributed by atoms with Gasteiger partial charge in [0.1, 0.15) is 18.1 Å². The highest BCUT2D eigenvalue weighted by atomic mass is 16.5. The van der Waals surface area contributed by atoms with Gasteiger partial charge in [0.15, 0.2) is 5.78 Å². The molecule has 2 aromatic carbocycles. The van der Waals surface area contributed by atoms with Gasteiger partial charge in [-0.1, -0.05) is 30.3 Å². The molecule has 1 aliphatic carbocycles. The normalized spacial score (nSPS) is 22.1. The third-order valence-corrected chi connectivity index (χ3v) is 6.70. The molecule has 2 aliphatic rings. The number of ether oxygens (including phenoxy) is 3. The van der Waals surface area contributed by atoms with E-state index in [1.54, 1.807) is 6.08 Å². The zero-order chi connectivity index (χ0) is 22.4. The van der Waals surface area contributed by atoms with Gasteiger partial charge < -0.3 is 19.9 Å². The van der Waals surface area contributed by atoms with E-state index in [-0.39, 0.29) is 17.1 Å². The van der Waals surface area contributed by atoms with E-state index in [1.807, 2.05) is 49.4 Å². The van der Waals surface area contributed by atoms with Gasteiger partial charge in [-0.2, -0.15) is 0 Å². The van der Waals surface area contributed by atoms with E-state index in [1.165, 1.54) is 5.56 Å². The summed E-state index contributed by atoms with van der Waals surface area (Å²) in [6.07, 6.45) is 7.35. The highest BCUT2D eigenvalue weighted by Gasteiger charge is 2.44. The van der Waals surface area contributed by atoms with Crippen LogP contribution >= 0.6 is 0 Å². The molecule has 0 radical (unpaired) electrons. The Morgan fingerprint density at radius 2 is 2.03 bits per heavy atom. The summed E-state index contributed by atoms with van der Waals surface area (Å²) in [4.78, 5) is 12.9. The van der Waals surface area contributed by atoms with E-state index in [9.17, 15) is 4.79 Å². The van der Waals surface area contributed by atoms with Crippen molar-refractivity contribution in [1.82, 2.24) is 0 Å². The van der Waals surface area contributed by atoms with Crippen LogP contribution in [-0.4, -0.2) is 32.2 Å². The molecule has 4 rings (SSSR count). The third-order valence-electron chi connectivity index (χ3n) is 6.70. The molecular formula is C27H33NO4. The maximum Gasteiger partial charge on any atom is 0.158 e. The van der Waals surface area contributed by atoms with Crippen LogP contribution in [0.2, 0.25) is 0 Å². The lowest BCUT2D eigenvalue weighted by Gasteiger charge is -2.35. The molecule has 1 saturated carbocycles.